The number of halogens is 3. The number of nitrogens with zero attached hydrogens (tertiary/aromatic N) is 3. The van der Waals surface area contributed by atoms with E-state index in [2.05, 4.69) is 11.1 Å². The Morgan fingerprint density at radius 2 is 1.87 bits per heavy atom. The lowest BCUT2D eigenvalue weighted by Gasteiger charge is -2.39. The van der Waals surface area contributed by atoms with Crippen LogP contribution in [0.1, 0.15) is 37.3 Å². The molecular formula is C23H24F3N3O. The van der Waals surface area contributed by atoms with E-state index in [4.69, 9.17) is 0 Å². The molecule has 0 fully saturated rings. The van der Waals surface area contributed by atoms with Gasteiger partial charge in [-0.25, -0.2) is 0 Å². The fraction of sp³-hybridized carbons (Fsp3) is 0.391. The lowest BCUT2D eigenvalue weighted by molar-refractivity contribution is -0.218. The quantitative estimate of drug-likeness (QED) is 0.698. The van der Waals surface area contributed by atoms with Gasteiger partial charge in [-0.05, 0) is 29.2 Å². The Labute approximate surface area is 174 Å². The number of rotatable bonds is 7. The minimum Gasteiger partial charge on any atom is -0.394 e. The molecule has 0 aromatic heterocycles. The van der Waals surface area contributed by atoms with Crippen LogP contribution < -0.4 is 0 Å². The first-order valence-corrected chi connectivity index (χ1v) is 9.93. The number of aliphatic imine (C=N–C) groups is 1. The lowest BCUT2D eigenvalue weighted by Crippen LogP contribution is -2.61. The third-order valence-corrected chi connectivity index (χ3v) is 5.55. The Morgan fingerprint density at radius 1 is 1.17 bits per heavy atom. The first-order chi connectivity index (χ1) is 14.4. The summed E-state index contributed by atoms with van der Waals surface area (Å²) in [4.78, 5) is 5.37. The van der Waals surface area contributed by atoms with Crippen LogP contribution in [0.2, 0.25) is 0 Å². The molecule has 0 radical (unpaired) electrons. The van der Waals surface area contributed by atoms with Crippen LogP contribution in [0.5, 0.6) is 0 Å². The molecule has 1 N–H and O–H groups in total. The van der Waals surface area contributed by atoms with E-state index in [1.54, 1.807) is 36.4 Å². The fourth-order valence-corrected chi connectivity index (χ4v) is 3.77. The second kappa shape index (κ2) is 8.99. The molecule has 0 bridgehead atoms. The molecule has 0 saturated carbocycles. The molecule has 3 rings (SSSR count). The van der Waals surface area contributed by atoms with E-state index in [9.17, 15) is 23.5 Å². The number of benzene rings is 2. The highest BCUT2D eigenvalue weighted by Gasteiger charge is 2.61. The van der Waals surface area contributed by atoms with Gasteiger partial charge in [0.05, 0.1) is 18.2 Å². The summed E-state index contributed by atoms with van der Waals surface area (Å²) in [6.07, 6.45) is -2.30. The lowest BCUT2D eigenvalue weighted by atomic mass is 9.96. The molecule has 2 unspecified atom stereocenters. The number of alkyl halides is 3. The predicted molar refractivity (Wildman–Crippen MR) is 110 cm³/mol. The SMILES string of the molecule is CCCCC1N=CC(CO)(C(F)(F)F)N1Cc1ccc(-c2ccccc2C#N)cc1. The summed E-state index contributed by atoms with van der Waals surface area (Å²) in [5.74, 6) is 0. The van der Waals surface area contributed by atoms with Gasteiger partial charge in [-0.15, -0.1) is 0 Å². The smallest absolute Gasteiger partial charge is 0.394 e. The summed E-state index contributed by atoms with van der Waals surface area (Å²) in [6.45, 7) is 0.911. The molecule has 4 nitrogen and oxygen atoms in total. The van der Waals surface area contributed by atoms with Gasteiger partial charge in [-0.2, -0.15) is 18.4 Å². The normalized spacial score (nSPS) is 21.7. The molecule has 0 aliphatic carbocycles. The van der Waals surface area contributed by atoms with E-state index in [0.29, 0.717) is 17.5 Å². The Balaban J connectivity index is 1.89. The van der Waals surface area contributed by atoms with Gasteiger partial charge in [-0.1, -0.05) is 62.2 Å². The van der Waals surface area contributed by atoms with Crippen LogP contribution >= 0.6 is 0 Å². The van der Waals surface area contributed by atoms with Crippen molar-refractivity contribution in [2.45, 2.75) is 50.6 Å². The maximum atomic E-state index is 13.9. The van der Waals surface area contributed by atoms with Crippen LogP contribution in [0.15, 0.2) is 53.5 Å². The Kier molecular flexibility index (Phi) is 6.59. The van der Waals surface area contributed by atoms with E-state index in [-0.39, 0.29) is 6.54 Å². The van der Waals surface area contributed by atoms with Gasteiger partial charge in [0.1, 0.15) is 6.17 Å². The van der Waals surface area contributed by atoms with E-state index in [1.165, 1.54) is 4.90 Å². The molecule has 1 heterocycles. The van der Waals surface area contributed by atoms with Crippen molar-refractivity contribution in [1.29, 1.82) is 5.26 Å². The van der Waals surface area contributed by atoms with Crippen LogP contribution in [0.4, 0.5) is 13.2 Å². The van der Waals surface area contributed by atoms with Gasteiger partial charge in [0, 0.05) is 12.8 Å². The molecule has 158 valence electrons. The van der Waals surface area contributed by atoms with Crippen LogP contribution in [0, 0.1) is 11.3 Å². The summed E-state index contributed by atoms with van der Waals surface area (Å²) in [5, 5.41) is 19.0. The molecule has 0 spiro atoms. The number of aliphatic hydroxyl groups is 1. The maximum absolute atomic E-state index is 13.9. The summed E-state index contributed by atoms with van der Waals surface area (Å²) in [6, 6.07) is 16.5. The summed E-state index contributed by atoms with van der Waals surface area (Å²) in [5.41, 5.74) is 0.339. The van der Waals surface area contributed by atoms with Crippen LogP contribution in [-0.2, 0) is 6.54 Å². The Bertz CT molecular complexity index is 934. The van der Waals surface area contributed by atoms with Crippen molar-refractivity contribution in [3.05, 3.63) is 59.7 Å². The topological polar surface area (TPSA) is 59.6 Å². The fourth-order valence-electron chi connectivity index (χ4n) is 3.77. The van der Waals surface area contributed by atoms with E-state index >= 15 is 0 Å². The number of aliphatic hydroxyl groups excluding tert-OH is 1. The summed E-state index contributed by atoms with van der Waals surface area (Å²) < 4.78 is 41.7. The number of nitriles is 1. The van der Waals surface area contributed by atoms with Gasteiger partial charge in [0.2, 0.25) is 0 Å². The molecule has 1 aliphatic rings. The number of unbranched alkanes of at least 4 members (excludes halogenated alkanes) is 1. The van der Waals surface area contributed by atoms with Gasteiger partial charge >= 0.3 is 6.18 Å². The van der Waals surface area contributed by atoms with E-state index in [0.717, 1.165) is 30.2 Å². The van der Waals surface area contributed by atoms with Crippen molar-refractivity contribution in [2.24, 2.45) is 4.99 Å². The maximum Gasteiger partial charge on any atom is 0.414 e. The van der Waals surface area contributed by atoms with E-state index < -0.39 is 24.5 Å². The Morgan fingerprint density at radius 3 is 2.47 bits per heavy atom. The Hall–Kier alpha value is -2.69. The van der Waals surface area contributed by atoms with E-state index in [1.807, 2.05) is 19.1 Å². The van der Waals surface area contributed by atoms with Gasteiger partial charge in [-0.3, -0.25) is 9.89 Å². The van der Waals surface area contributed by atoms with Crippen molar-refractivity contribution in [1.82, 2.24) is 4.90 Å². The van der Waals surface area contributed by atoms with Crippen molar-refractivity contribution in [3.63, 3.8) is 0 Å². The second-order valence-corrected chi connectivity index (χ2v) is 7.46. The minimum atomic E-state index is -4.64. The first kappa shape index (κ1) is 22.0. The summed E-state index contributed by atoms with van der Waals surface area (Å²) in [7, 11) is 0. The molecule has 2 atom stereocenters. The highest BCUT2D eigenvalue weighted by atomic mass is 19.4. The third-order valence-electron chi connectivity index (χ3n) is 5.55. The van der Waals surface area contributed by atoms with Crippen molar-refractivity contribution < 1.29 is 18.3 Å². The summed E-state index contributed by atoms with van der Waals surface area (Å²) >= 11 is 0. The van der Waals surface area contributed by atoms with Crippen molar-refractivity contribution >= 4 is 6.21 Å². The average Bonchev–Trinajstić information content (AvgIpc) is 3.11. The molecule has 7 heteroatoms. The molecule has 1 aliphatic heterocycles. The molecule has 0 saturated heterocycles. The third kappa shape index (κ3) is 4.11. The highest BCUT2D eigenvalue weighted by molar-refractivity contribution is 5.74. The van der Waals surface area contributed by atoms with Crippen LogP contribution in [-0.4, -0.2) is 40.7 Å². The monoisotopic (exact) mass is 415 g/mol. The molecular weight excluding hydrogens is 391 g/mol. The zero-order valence-electron chi connectivity index (χ0n) is 16.7. The zero-order chi connectivity index (χ0) is 21.8. The number of hydrogen-bond donors (Lipinski definition) is 1. The number of hydrogen-bond acceptors (Lipinski definition) is 4. The average molecular weight is 415 g/mol. The first-order valence-electron chi connectivity index (χ1n) is 9.93. The zero-order valence-corrected chi connectivity index (χ0v) is 16.7. The van der Waals surface area contributed by atoms with Crippen molar-refractivity contribution in [2.75, 3.05) is 6.61 Å². The van der Waals surface area contributed by atoms with Gasteiger partial charge in [0.25, 0.3) is 0 Å². The molecule has 2 aromatic rings. The van der Waals surface area contributed by atoms with Crippen LogP contribution in [0.3, 0.4) is 0 Å². The van der Waals surface area contributed by atoms with Crippen LogP contribution in [0.25, 0.3) is 11.1 Å². The molecule has 0 amide bonds. The molecule has 2 aromatic carbocycles. The van der Waals surface area contributed by atoms with Crippen molar-refractivity contribution in [3.8, 4) is 17.2 Å². The van der Waals surface area contributed by atoms with Gasteiger partial charge in [0.15, 0.2) is 5.54 Å². The van der Waals surface area contributed by atoms with Gasteiger partial charge < -0.3 is 5.11 Å². The highest BCUT2D eigenvalue weighted by Crippen LogP contribution is 2.41. The predicted octanol–water partition coefficient (Wildman–Crippen LogP) is 4.92. The molecule has 30 heavy (non-hydrogen) atoms. The standard InChI is InChI=1S/C23H24F3N3O/c1-2-3-8-21-28-15-22(16-30,23(24,25)26)29(21)14-17-9-11-18(12-10-17)20-7-5-4-6-19(20)13-27/h4-7,9-12,15,21,30H,2-3,8,14,16H2,1H3. The largest absolute Gasteiger partial charge is 0.414 e. The second-order valence-electron chi connectivity index (χ2n) is 7.46. The minimum absolute atomic E-state index is 0.00856.